The molecule has 158 valence electrons. The predicted octanol–water partition coefficient (Wildman–Crippen LogP) is 4.27. The van der Waals surface area contributed by atoms with E-state index in [1.165, 1.54) is 18.2 Å². The first-order valence-electron chi connectivity index (χ1n) is 9.15. The van der Waals surface area contributed by atoms with Crippen molar-refractivity contribution in [1.29, 1.82) is 5.26 Å². The number of nitriles is 1. The van der Waals surface area contributed by atoms with Crippen LogP contribution in [0.25, 0.3) is 0 Å². The molecule has 1 aliphatic rings. The highest BCUT2D eigenvalue weighted by atomic mass is 35.5. The molecule has 1 aliphatic heterocycles. The van der Waals surface area contributed by atoms with Crippen molar-refractivity contribution in [1.82, 2.24) is 5.32 Å². The van der Waals surface area contributed by atoms with Crippen LogP contribution in [0.15, 0.2) is 53.1 Å². The largest absolute Gasteiger partial charge is 0.325 e. The first kappa shape index (κ1) is 22.3. The standard InChI is InChI=1S/C21H17ClN4O4S/c1-12-5-6-14(8-18(12)22)24-20(28)11-31-21-17(10-23)16(9-19(27)25-21)13-3-2-4-15(7-13)26(29)30/h2-8,16H,9,11H2,1H3,(H,24,28)(H,25,27). The predicted molar refractivity (Wildman–Crippen MR) is 119 cm³/mol. The van der Waals surface area contributed by atoms with Crippen LogP contribution in [0.4, 0.5) is 11.4 Å². The minimum Gasteiger partial charge on any atom is -0.325 e. The maximum absolute atomic E-state index is 12.3. The lowest BCUT2D eigenvalue weighted by molar-refractivity contribution is -0.384. The number of nitrogens with one attached hydrogen (secondary N) is 2. The van der Waals surface area contributed by atoms with Gasteiger partial charge in [0.05, 0.1) is 27.3 Å². The van der Waals surface area contributed by atoms with Gasteiger partial charge in [0.2, 0.25) is 11.8 Å². The van der Waals surface area contributed by atoms with Gasteiger partial charge in [-0.3, -0.25) is 19.7 Å². The molecular formula is C21H17ClN4O4S. The summed E-state index contributed by atoms with van der Waals surface area (Å²) in [7, 11) is 0. The van der Waals surface area contributed by atoms with E-state index in [1.807, 2.05) is 6.92 Å². The van der Waals surface area contributed by atoms with E-state index in [-0.39, 0.29) is 40.3 Å². The minimum absolute atomic E-state index is 0.0117. The van der Waals surface area contributed by atoms with Gasteiger partial charge in [0.15, 0.2) is 0 Å². The number of non-ortho nitro benzene ring substituents is 1. The number of thioether (sulfide) groups is 1. The van der Waals surface area contributed by atoms with Crippen molar-refractivity contribution in [3.63, 3.8) is 0 Å². The zero-order valence-electron chi connectivity index (χ0n) is 16.3. The second-order valence-corrected chi connectivity index (χ2v) is 8.21. The highest BCUT2D eigenvalue weighted by Gasteiger charge is 2.30. The molecule has 1 atom stereocenters. The fraction of sp³-hybridized carbons (Fsp3) is 0.190. The number of nitro benzene ring substituents is 1. The lowest BCUT2D eigenvalue weighted by atomic mass is 9.87. The van der Waals surface area contributed by atoms with Crippen LogP contribution in [-0.4, -0.2) is 22.5 Å². The Hall–Kier alpha value is -3.35. The van der Waals surface area contributed by atoms with Crippen LogP contribution in [0.3, 0.4) is 0 Å². The number of hydrogen-bond acceptors (Lipinski definition) is 6. The number of anilines is 1. The van der Waals surface area contributed by atoms with E-state index < -0.39 is 10.8 Å². The molecule has 0 aliphatic carbocycles. The number of halogens is 1. The Morgan fingerprint density at radius 2 is 2.16 bits per heavy atom. The normalized spacial score (nSPS) is 15.8. The van der Waals surface area contributed by atoms with Crippen LogP contribution in [0.2, 0.25) is 5.02 Å². The number of allylic oxidation sites excluding steroid dienone is 1. The molecule has 2 N–H and O–H groups in total. The van der Waals surface area contributed by atoms with Crippen LogP contribution in [0.5, 0.6) is 0 Å². The molecule has 0 aromatic heterocycles. The van der Waals surface area contributed by atoms with Gasteiger partial charge in [-0.1, -0.05) is 41.6 Å². The van der Waals surface area contributed by atoms with Crippen molar-refractivity contribution in [2.75, 3.05) is 11.1 Å². The number of carbonyl (C=O) groups excluding carboxylic acids is 2. The molecule has 0 radical (unpaired) electrons. The number of nitro groups is 1. The molecule has 0 saturated carbocycles. The van der Waals surface area contributed by atoms with Gasteiger partial charge in [-0.05, 0) is 30.2 Å². The average Bonchev–Trinajstić information content (AvgIpc) is 2.74. The van der Waals surface area contributed by atoms with E-state index in [9.17, 15) is 25.0 Å². The quantitative estimate of drug-likeness (QED) is 0.494. The molecule has 1 heterocycles. The lowest BCUT2D eigenvalue weighted by Gasteiger charge is -2.24. The molecule has 0 spiro atoms. The van der Waals surface area contributed by atoms with Gasteiger partial charge in [-0.15, -0.1) is 0 Å². The number of rotatable bonds is 6. The van der Waals surface area contributed by atoms with Crippen molar-refractivity contribution in [2.45, 2.75) is 19.3 Å². The van der Waals surface area contributed by atoms with E-state index in [2.05, 4.69) is 16.7 Å². The second kappa shape index (κ2) is 9.64. The van der Waals surface area contributed by atoms with Crippen LogP contribution in [-0.2, 0) is 9.59 Å². The molecule has 0 fully saturated rings. The highest BCUT2D eigenvalue weighted by molar-refractivity contribution is 8.03. The molecule has 1 unspecified atom stereocenters. The van der Waals surface area contributed by atoms with E-state index in [0.29, 0.717) is 16.3 Å². The Bertz CT molecular complexity index is 1140. The zero-order valence-corrected chi connectivity index (χ0v) is 17.9. The Kier molecular flexibility index (Phi) is 6.95. The summed E-state index contributed by atoms with van der Waals surface area (Å²) in [5, 5.41) is 26.9. The third-order valence-electron chi connectivity index (χ3n) is 4.64. The second-order valence-electron chi connectivity index (χ2n) is 6.81. The van der Waals surface area contributed by atoms with Crippen molar-refractivity contribution in [3.05, 3.63) is 79.3 Å². The fourth-order valence-electron chi connectivity index (χ4n) is 3.08. The minimum atomic E-state index is -0.625. The van der Waals surface area contributed by atoms with Gasteiger partial charge in [-0.25, -0.2) is 0 Å². The summed E-state index contributed by atoms with van der Waals surface area (Å²) in [6.45, 7) is 1.85. The number of amides is 2. The number of aryl methyl sites for hydroxylation is 1. The molecule has 8 nitrogen and oxygen atoms in total. The van der Waals surface area contributed by atoms with Gasteiger partial charge in [0.25, 0.3) is 5.69 Å². The number of nitrogens with zero attached hydrogens (tertiary/aromatic N) is 2. The number of hydrogen-bond donors (Lipinski definition) is 2. The Balaban J connectivity index is 1.78. The average molecular weight is 457 g/mol. The highest BCUT2D eigenvalue weighted by Crippen LogP contribution is 2.37. The van der Waals surface area contributed by atoms with Crippen LogP contribution in [0.1, 0.15) is 23.5 Å². The molecule has 2 aromatic rings. The van der Waals surface area contributed by atoms with E-state index in [1.54, 1.807) is 24.3 Å². The fourth-order valence-corrected chi connectivity index (χ4v) is 4.14. The summed E-state index contributed by atoms with van der Waals surface area (Å²) in [6.07, 6.45) is -0.0117. The maximum atomic E-state index is 12.3. The van der Waals surface area contributed by atoms with Crippen molar-refractivity contribution in [2.24, 2.45) is 0 Å². The molecular weight excluding hydrogens is 440 g/mol. The van der Waals surface area contributed by atoms with E-state index in [4.69, 9.17) is 11.6 Å². The summed E-state index contributed by atoms with van der Waals surface area (Å²) in [5.41, 5.74) is 2.06. The van der Waals surface area contributed by atoms with Gasteiger partial charge in [0, 0.05) is 35.2 Å². The van der Waals surface area contributed by atoms with Crippen LogP contribution in [0, 0.1) is 28.4 Å². The molecule has 10 heteroatoms. The van der Waals surface area contributed by atoms with E-state index in [0.717, 1.165) is 17.3 Å². The lowest BCUT2D eigenvalue weighted by Crippen LogP contribution is -2.31. The SMILES string of the molecule is Cc1ccc(NC(=O)CSC2=C(C#N)C(c3cccc([N+](=O)[O-])c3)CC(=O)N2)cc1Cl. The Morgan fingerprint density at radius 3 is 2.84 bits per heavy atom. The van der Waals surface area contributed by atoms with E-state index >= 15 is 0 Å². The summed E-state index contributed by atoms with van der Waals surface area (Å²) in [4.78, 5) is 35.1. The summed E-state index contributed by atoms with van der Waals surface area (Å²) in [6, 6.07) is 13.1. The first-order valence-corrected chi connectivity index (χ1v) is 10.5. The smallest absolute Gasteiger partial charge is 0.269 e. The van der Waals surface area contributed by atoms with Gasteiger partial charge in [-0.2, -0.15) is 5.26 Å². The molecule has 2 amide bonds. The third kappa shape index (κ3) is 5.42. The van der Waals surface area contributed by atoms with Crippen LogP contribution < -0.4 is 10.6 Å². The van der Waals surface area contributed by atoms with Crippen LogP contribution >= 0.6 is 23.4 Å². The summed E-state index contributed by atoms with van der Waals surface area (Å²) in [5.74, 6) is -1.33. The molecule has 0 saturated heterocycles. The maximum Gasteiger partial charge on any atom is 0.269 e. The topological polar surface area (TPSA) is 125 Å². The van der Waals surface area contributed by atoms with Gasteiger partial charge in [0.1, 0.15) is 0 Å². The third-order valence-corrected chi connectivity index (χ3v) is 6.07. The molecule has 3 rings (SSSR count). The van der Waals surface area contributed by atoms with Crippen molar-refractivity contribution >= 4 is 46.6 Å². The van der Waals surface area contributed by atoms with Gasteiger partial charge < -0.3 is 10.6 Å². The Labute approximate surface area is 187 Å². The monoisotopic (exact) mass is 456 g/mol. The van der Waals surface area contributed by atoms with Gasteiger partial charge >= 0.3 is 0 Å². The number of benzene rings is 2. The van der Waals surface area contributed by atoms with Crippen molar-refractivity contribution < 1.29 is 14.5 Å². The number of carbonyl (C=O) groups is 2. The molecule has 2 aromatic carbocycles. The summed E-state index contributed by atoms with van der Waals surface area (Å²) >= 11 is 7.09. The van der Waals surface area contributed by atoms with Crippen molar-refractivity contribution in [3.8, 4) is 6.07 Å². The first-order chi connectivity index (χ1) is 14.8. The summed E-state index contributed by atoms with van der Waals surface area (Å²) < 4.78 is 0. The molecule has 0 bridgehead atoms. The Morgan fingerprint density at radius 1 is 1.39 bits per heavy atom. The zero-order chi connectivity index (χ0) is 22.5. The molecule has 31 heavy (non-hydrogen) atoms.